The van der Waals surface area contributed by atoms with Gasteiger partial charge < -0.3 is 4.89 Å². The van der Waals surface area contributed by atoms with Gasteiger partial charge in [0.1, 0.15) is 0 Å². The highest BCUT2D eigenvalue weighted by atomic mass is 31.2. The minimum absolute atomic E-state index is 0.499. The van der Waals surface area contributed by atoms with E-state index < -0.39 is 7.37 Å². The molecule has 76 valence electrons. The Balaban J connectivity index is 2.22. The van der Waals surface area contributed by atoms with E-state index in [-0.39, 0.29) is 0 Å². The summed E-state index contributed by atoms with van der Waals surface area (Å²) in [5.41, 5.74) is 0. The van der Waals surface area contributed by atoms with Gasteiger partial charge in [-0.25, -0.2) is 0 Å². The molecule has 0 amide bonds. The van der Waals surface area contributed by atoms with Crippen LogP contribution in [0.5, 0.6) is 0 Å². The number of allylic oxidation sites excluding steroid dienone is 2. The Morgan fingerprint density at radius 1 is 1.46 bits per heavy atom. The van der Waals surface area contributed by atoms with Crippen LogP contribution < -0.4 is 0 Å². The number of unbranched alkanes of at least 4 members (excludes halogenated alkanes) is 3. The van der Waals surface area contributed by atoms with E-state index in [0.29, 0.717) is 6.16 Å². The molecule has 13 heavy (non-hydrogen) atoms. The molecule has 1 atom stereocenters. The number of rotatable bonds is 6. The topological polar surface area (TPSA) is 37.3 Å². The van der Waals surface area contributed by atoms with E-state index in [1.165, 1.54) is 12.8 Å². The molecule has 0 heterocycles. The van der Waals surface area contributed by atoms with Crippen molar-refractivity contribution in [2.75, 3.05) is 6.16 Å². The highest BCUT2D eigenvalue weighted by molar-refractivity contribution is 7.62. The minimum atomic E-state index is -2.88. The van der Waals surface area contributed by atoms with Crippen LogP contribution in [0.2, 0.25) is 0 Å². The van der Waals surface area contributed by atoms with Gasteiger partial charge in [0.15, 0.2) is 0 Å². The second kappa shape index (κ2) is 4.97. The summed E-state index contributed by atoms with van der Waals surface area (Å²) in [6, 6.07) is 0. The summed E-state index contributed by atoms with van der Waals surface area (Å²) >= 11 is 0. The van der Waals surface area contributed by atoms with E-state index in [2.05, 4.69) is 6.92 Å². The second-order valence-electron chi connectivity index (χ2n) is 3.72. The van der Waals surface area contributed by atoms with Crippen molar-refractivity contribution in [3.05, 3.63) is 11.4 Å². The van der Waals surface area contributed by atoms with Gasteiger partial charge in [-0.1, -0.05) is 32.3 Å². The van der Waals surface area contributed by atoms with Crippen molar-refractivity contribution in [3.63, 3.8) is 0 Å². The fourth-order valence-corrected chi connectivity index (χ4v) is 3.32. The molecule has 0 spiro atoms. The van der Waals surface area contributed by atoms with E-state index in [1.54, 1.807) is 0 Å². The molecule has 0 aromatic heterocycles. The highest BCUT2D eigenvalue weighted by Gasteiger charge is 2.26. The van der Waals surface area contributed by atoms with Gasteiger partial charge in [0.05, 0.1) is 0 Å². The molecule has 2 nitrogen and oxygen atoms in total. The fraction of sp³-hybridized carbons (Fsp3) is 0.800. The molecular weight excluding hydrogens is 183 g/mol. The maximum absolute atomic E-state index is 11.6. The molecular formula is C10H19O2P. The zero-order valence-electron chi connectivity index (χ0n) is 8.33. The van der Waals surface area contributed by atoms with E-state index >= 15 is 0 Å². The van der Waals surface area contributed by atoms with Crippen LogP contribution in [0.25, 0.3) is 0 Å². The SMILES string of the molecule is CCCCCCP(=O)(O)C1=CCC1. The van der Waals surface area contributed by atoms with Crippen LogP contribution in [-0.4, -0.2) is 11.1 Å². The van der Waals surface area contributed by atoms with E-state index in [4.69, 9.17) is 0 Å². The summed E-state index contributed by atoms with van der Waals surface area (Å²) < 4.78 is 11.6. The maximum Gasteiger partial charge on any atom is 0.225 e. The van der Waals surface area contributed by atoms with Crippen LogP contribution in [0.3, 0.4) is 0 Å². The lowest BCUT2D eigenvalue weighted by atomic mass is 10.1. The second-order valence-corrected chi connectivity index (χ2v) is 6.14. The molecule has 0 fully saturated rings. The van der Waals surface area contributed by atoms with Gasteiger partial charge in [-0.05, 0) is 19.3 Å². The zero-order valence-corrected chi connectivity index (χ0v) is 9.22. The fourth-order valence-electron chi connectivity index (χ4n) is 1.49. The molecule has 3 heteroatoms. The molecule has 0 bridgehead atoms. The van der Waals surface area contributed by atoms with Gasteiger partial charge in [0.2, 0.25) is 7.37 Å². The van der Waals surface area contributed by atoms with E-state index in [0.717, 1.165) is 31.0 Å². The third-order valence-electron chi connectivity index (χ3n) is 2.54. The Morgan fingerprint density at radius 2 is 2.15 bits per heavy atom. The van der Waals surface area contributed by atoms with Gasteiger partial charge in [0.25, 0.3) is 0 Å². The summed E-state index contributed by atoms with van der Waals surface area (Å²) in [7, 11) is -2.88. The number of hydrogen-bond acceptors (Lipinski definition) is 1. The first-order chi connectivity index (χ1) is 6.17. The Kier molecular flexibility index (Phi) is 4.21. The summed E-state index contributed by atoms with van der Waals surface area (Å²) in [4.78, 5) is 9.62. The Hall–Kier alpha value is -0.0700. The molecule has 0 aliphatic heterocycles. The first-order valence-electron chi connectivity index (χ1n) is 5.18. The van der Waals surface area contributed by atoms with Crippen LogP contribution in [-0.2, 0) is 4.57 Å². The van der Waals surface area contributed by atoms with Crippen LogP contribution in [0.15, 0.2) is 11.4 Å². The first-order valence-corrected chi connectivity index (χ1v) is 7.02. The predicted molar refractivity (Wildman–Crippen MR) is 56.2 cm³/mol. The van der Waals surface area contributed by atoms with Crippen molar-refractivity contribution < 1.29 is 9.46 Å². The van der Waals surface area contributed by atoms with Crippen LogP contribution in [0, 0.1) is 0 Å². The molecule has 0 aromatic carbocycles. The van der Waals surface area contributed by atoms with Crippen molar-refractivity contribution >= 4 is 7.37 Å². The molecule has 1 N–H and O–H groups in total. The van der Waals surface area contributed by atoms with E-state index in [9.17, 15) is 9.46 Å². The molecule has 0 saturated carbocycles. The third kappa shape index (κ3) is 3.28. The normalized spacial score (nSPS) is 20.3. The van der Waals surface area contributed by atoms with Gasteiger partial charge >= 0.3 is 0 Å². The van der Waals surface area contributed by atoms with Gasteiger partial charge in [-0.3, -0.25) is 4.57 Å². The minimum Gasteiger partial charge on any atom is -0.341 e. The Morgan fingerprint density at radius 3 is 2.62 bits per heavy atom. The van der Waals surface area contributed by atoms with Gasteiger partial charge in [-0.15, -0.1) is 0 Å². The smallest absolute Gasteiger partial charge is 0.225 e. The monoisotopic (exact) mass is 202 g/mol. The Labute approximate surface area is 80.5 Å². The average Bonchev–Trinajstić information content (AvgIpc) is 1.93. The summed E-state index contributed by atoms with van der Waals surface area (Å²) in [6.45, 7) is 2.15. The van der Waals surface area contributed by atoms with Crippen molar-refractivity contribution in [1.29, 1.82) is 0 Å². The van der Waals surface area contributed by atoms with E-state index in [1.807, 2.05) is 6.08 Å². The predicted octanol–water partition coefficient (Wildman–Crippen LogP) is 3.51. The quantitative estimate of drug-likeness (QED) is 0.528. The van der Waals surface area contributed by atoms with Crippen LogP contribution in [0.4, 0.5) is 0 Å². The Bertz CT molecular complexity index is 233. The third-order valence-corrected chi connectivity index (χ3v) is 4.77. The van der Waals surface area contributed by atoms with Gasteiger partial charge in [-0.2, -0.15) is 0 Å². The largest absolute Gasteiger partial charge is 0.341 e. The summed E-state index contributed by atoms with van der Waals surface area (Å²) in [6.07, 6.45) is 8.61. The standard InChI is InChI=1S/C10H19O2P/c1-2-3-4-5-9-13(11,12)10-7-6-8-10/h7H,2-6,8-9H2,1H3,(H,11,12). The summed E-state index contributed by atoms with van der Waals surface area (Å²) in [5, 5.41) is 0.823. The van der Waals surface area contributed by atoms with Crippen LogP contribution in [0.1, 0.15) is 45.4 Å². The molecule has 1 aliphatic rings. The molecule has 0 radical (unpaired) electrons. The lowest BCUT2D eigenvalue weighted by molar-refractivity contribution is 0.477. The molecule has 1 unspecified atom stereocenters. The van der Waals surface area contributed by atoms with Crippen molar-refractivity contribution in [3.8, 4) is 0 Å². The van der Waals surface area contributed by atoms with Crippen molar-refractivity contribution in [2.45, 2.75) is 45.4 Å². The molecule has 1 rings (SSSR count). The number of hydrogen-bond donors (Lipinski definition) is 1. The molecule has 0 saturated heterocycles. The highest BCUT2D eigenvalue weighted by Crippen LogP contribution is 2.55. The van der Waals surface area contributed by atoms with Crippen molar-refractivity contribution in [1.82, 2.24) is 0 Å². The lowest BCUT2D eigenvalue weighted by Gasteiger charge is -2.20. The van der Waals surface area contributed by atoms with Gasteiger partial charge in [0, 0.05) is 11.5 Å². The summed E-state index contributed by atoms with van der Waals surface area (Å²) in [5.74, 6) is 0. The average molecular weight is 202 g/mol. The molecule has 0 aromatic rings. The lowest BCUT2D eigenvalue weighted by Crippen LogP contribution is -1.99. The van der Waals surface area contributed by atoms with Crippen molar-refractivity contribution in [2.24, 2.45) is 0 Å². The molecule has 1 aliphatic carbocycles. The van der Waals surface area contributed by atoms with Crippen LogP contribution >= 0.6 is 7.37 Å². The maximum atomic E-state index is 11.6. The zero-order chi connectivity index (χ0) is 9.73. The first kappa shape index (κ1) is 11.0.